The van der Waals surface area contributed by atoms with Gasteiger partial charge in [0.15, 0.2) is 5.96 Å². The molecule has 0 bridgehead atoms. The Morgan fingerprint density at radius 2 is 2.00 bits per heavy atom. The van der Waals surface area contributed by atoms with Gasteiger partial charge >= 0.3 is 0 Å². The number of aliphatic imine (C=N–C) groups is 1. The highest BCUT2D eigenvalue weighted by Gasteiger charge is 2.25. The molecule has 1 saturated heterocycles. The number of aryl methyl sites for hydroxylation is 2. The molecule has 1 aliphatic carbocycles. The molecule has 0 unspecified atom stereocenters. The van der Waals surface area contributed by atoms with Crippen molar-refractivity contribution in [2.75, 3.05) is 39.3 Å². The average Bonchev–Trinajstić information content (AvgIpc) is 3.35. The molecule has 1 aromatic rings. The molecule has 1 aliphatic heterocycles. The van der Waals surface area contributed by atoms with Crippen molar-refractivity contribution in [3.63, 3.8) is 0 Å². The van der Waals surface area contributed by atoms with Crippen LogP contribution in [0.5, 0.6) is 0 Å². The number of rotatable bonds is 6. The normalized spacial score (nSPS) is 18.9. The van der Waals surface area contributed by atoms with Crippen LogP contribution >= 0.6 is 0 Å². The second kappa shape index (κ2) is 8.58. The minimum atomic E-state index is 0.160. The molecule has 1 aromatic heterocycles. The van der Waals surface area contributed by atoms with Gasteiger partial charge in [0.2, 0.25) is 5.91 Å². The molecule has 1 amide bonds. The highest BCUT2D eigenvalue weighted by Crippen LogP contribution is 2.18. The molecule has 2 fully saturated rings. The zero-order valence-corrected chi connectivity index (χ0v) is 16.2. The summed E-state index contributed by atoms with van der Waals surface area (Å²) < 4.78 is 5.59. The van der Waals surface area contributed by atoms with Crippen LogP contribution in [0, 0.1) is 13.8 Å². The van der Waals surface area contributed by atoms with Gasteiger partial charge in [0.1, 0.15) is 11.5 Å². The molecule has 7 nitrogen and oxygen atoms in total. The molecule has 0 aromatic carbocycles. The zero-order valence-electron chi connectivity index (χ0n) is 16.2. The number of carbonyl (C=O) groups is 1. The summed E-state index contributed by atoms with van der Waals surface area (Å²) >= 11 is 0. The van der Waals surface area contributed by atoms with Crippen molar-refractivity contribution in [3.05, 3.63) is 23.2 Å². The lowest BCUT2D eigenvalue weighted by Crippen LogP contribution is -2.54. The quantitative estimate of drug-likeness (QED) is 0.589. The fourth-order valence-electron chi connectivity index (χ4n) is 3.25. The molecular formula is C19H31N5O2. The summed E-state index contributed by atoms with van der Waals surface area (Å²) in [5.41, 5.74) is 1.13. The fourth-order valence-corrected chi connectivity index (χ4v) is 3.25. The Morgan fingerprint density at radius 3 is 2.58 bits per heavy atom. The minimum Gasteiger partial charge on any atom is -0.466 e. The Bertz CT molecular complexity index is 642. The van der Waals surface area contributed by atoms with Crippen molar-refractivity contribution in [1.29, 1.82) is 0 Å². The Hall–Kier alpha value is -2.02. The number of hydrogen-bond donors (Lipinski definition) is 2. The van der Waals surface area contributed by atoms with Gasteiger partial charge < -0.3 is 20.0 Å². The van der Waals surface area contributed by atoms with Crippen molar-refractivity contribution >= 4 is 11.9 Å². The molecule has 7 heteroatoms. The van der Waals surface area contributed by atoms with Crippen LogP contribution in [0.1, 0.15) is 36.8 Å². The molecule has 0 atom stereocenters. The van der Waals surface area contributed by atoms with Crippen LogP contribution < -0.4 is 10.6 Å². The average molecular weight is 361 g/mol. The molecule has 1 saturated carbocycles. The number of furan rings is 1. The van der Waals surface area contributed by atoms with E-state index in [1.807, 2.05) is 13.8 Å². The maximum absolute atomic E-state index is 12.0. The van der Waals surface area contributed by atoms with Gasteiger partial charge in [0.25, 0.3) is 0 Å². The van der Waals surface area contributed by atoms with Crippen LogP contribution in [0.25, 0.3) is 0 Å². The van der Waals surface area contributed by atoms with E-state index >= 15 is 0 Å². The predicted molar refractivity (Wildman–Crippen MR) is 102 cm³/mol. The van der Waals surface area contributed by atoms with E-state index in [1.54, 1.807) is 0 Å². The van der Waals surface area contributed by atoms with Crippen LogP contribution in [0.3, 0.4) is 0 Å². The molecule has 2 heterocycles. The molecule has 144 valence electrons. The first-order chi connectivity index (χ1) is 12.5. The fraction of sp³-hybridized carbons (Fsp3) is 0.684. The molecule has 2 aliphatic rings. The summed E-state index contributed by atoms with van der Waals surface area (Å²) in [5, 5.41) is 6.45. The monoisotopic (exact) mass is 361 g/mol. The number of nitrogens with zero attached hydrogens (tertiary/aromatic N) is 3. The highest BCUT2D eigenvalue weighted by molar-refractivity contribution is 5.80. The third-order valence-corrected chi connectivity index (χ3v) is 4.86. The van der Waals surface area contributed by atoms with Gasteiger partial charge in [0.05, 0.1) is 13.1 Å². The standard InChI is InChI=1S/C19H31N5O2/c1-4-20-19(21-12-16-11-14(2)26-15(16)3)24-9-7-23(8-10-24)13-18(25)22-17-5-6-17/h11,17H,4-10,12-13H2,1-3H3,(H,20,21)(H,22,25). The summed E-state index contributed by atoms with van der Waals surface area (Å²) in [6, 6.07) is 2.49. The van der Waals surface area contributed by atoms with Gasteiger partial charge in [0, 0.05) is 44.3 Å². The predicted octanol–water partition coefficient (Wildman–Crippen LogP) is 1.26. The second-order valence-electron chi connectivity index (χ2n) is 7.21. The number of guanidine groups is 1. The highest BCUT2D eigenvalue weighted by atomic mass is 16.3. The third kappa shape index (κ3) is 5.24. The molecule has 0 radical (unpaired) electrons. The summed E-state index contributed by atoms with van der Waals surface area (Å²) in [5.74, 6) is 2.96. The van der Waals surface area contributed by atoms with E-state index in [1.165, 1.54) is 0 Å². The van der Waals surface area contributed by atoms with Crippen LogP contribution in [0.4, 0.5) is 0 Å². The van der Waals surface area contributed by atoms with Gasteiger partial charge in [-0.15, -0.1) is 0 Å². The first-order valence-electron chi connectivity index (χ1n) is 9.66. The Morgan fingerprint density at radius 1 is 1.27 bits per heavy atom. The topological polar surface area (TPSA) is 73.1 Å². The van der Waals surface area contributed by atoms with E-state index in [9.17, 15) is 4.79 Å². The number of carbonyl (C=O) groups excluding carboxylic acids is 1. The lowest BCUT2D eigenvalue weighted by atomic mass is 10.2. The lowest BCUT2D eigenvalue weighted by molar-refractivity contribution is -0.122. The number of nitrogens with one attached hydrogen (secondary N) is 2. The first-order valence-corrected chi connectivity index (χ1v) is 9.66. The van der Waals surface area contributed by atoms with Crippen LogP contribution in [0.2, 0.25) is 0 Å². The van der Waals surface area contributed by atoms with Crippen molar-refractivity contribution < 1.29 is 9.21 Å². The van der Waals surface area contributed by atoms with Gasteiger partial charge in [-0.1, -0.05) is 0 Å². The van der Waals surface area contributed by atoms with Gasteiger partial charge in [-0.25, -0.2) is 4.99 Å². The van der Waals surface area contributed by atoms with E-state index in [4.69, 9.17) is 9.41 Å². The summed E-state index contributed by atoms with van der Waals surface area (Å²) in [6.07, 6.45) is 2.27. The second-order valence-corrected chi connectivity index (χ2v) is 7.21. The van der Waals surface area contributed by atoms with Gasteiger partial charge in [-0.05, 0) is 39.7 Å². The van der Waals surface area contributed by atoms with Crippen LogP contribution in [-0.4, -0.2) is 67.0 Å². The summed E-state index contributed by atoms with van der Waals surface area (Å²) in [4.78, 5) is 21.3. The molecule has 2 N–H and O–H groups in total. The smallest absolute Gasteiger partial charge is 0.234 e. The van der Waals surface area contributed by atoms with E-state index in [2.05, 4.69) is 33.4 Å². The maximum Gasteiger partial charge on any atom is 0.234 e. The summed E-state index contributed by atoms with van der Waals surface area (Å²) in [7, 11) is 0. The zero-order chi connectivity index (χ0) is 18.5. The maximum atomic E-state index is 12.0. The van der Waals surface area contributed by atoms with Crippen LogP contribution in [0.15, 0.2) is 15.5 Å². The molecule has 3 rings (SSSR count). The van der Waals surface area contributed by atoms with E-state index in [0.29, 0.717) is 19.1 Å². The van der Waals surface area contributed by atoms with E-state index in [-0.39, 0.29) is 5.91 Å². The minimum absolute atomic E-state index is 0.160. The molecule has 26 heavy (non-hydrogen) atoms. The van der Waals surface area contributed by atoms with Gasteiger partial charge in [-0.2, -0.15) is 0 Å². The van der Waals surface area contributed by atoms with Crippen molar-refractivity contribution in [2.24, 2.45) is 4.99 Å². The Labute approximate surface area is 155 Å². The SMILES string of the molecule is CCNC(=NCc1cc(C)oc1C)N1CCN(CC(=O)NC2CC2)CC1. The largest absolute Gasteiger partial charge is 0.466 e. The third-order valence-electron chi connectivity index (χ3n) is 4.86. The van der Waals surface area contributed by atoms with E-state index in [0.717, 1.165) is 68.6 Å². The van der Waals surface area contributed by atoms with Crippen molar-refractivity contribution in [3.8, 4) is 0 Å². The molecular weight excluding hydrogens is 330 g/mol. The summed E-state index contributed by atoms with van der Waals surface area (Å²) in [6.45, 7) is 11.5. The lowest BCUT2D eigenvalue weighted by Gasteiger charge is -2.36. The number of hydrogen-bond acceptors (Lipinski definition) is 4. The van der Waals surface area contributed by atoms with Gasteiger partial charge in [-0.3, -0.25) is 9.69 Å². The van der Waals surface area contributed by atoms with E-state index < -0.39 is 0 Å². The number of amides is 1. The van der Waals surface area contributed by atoms with Crippen molar-refractivity contribution in [2.45, 2.75) is 46.2 Å². The van der Waals surface area contributed by atoms with Crippen molar-refractivity contribution in [1.82, 2.24) is 20.4 Å². The number of piperazine rings is 1. The molecule has 0 spiro atoms. The Kier molecular flexibility index (Phi) is 6.19. The first kappa shape index (κ1) is 18.8. The van der Waals surface area contributed by atoms with Crippen LogP contribution in [-0.2, 0) is 11.3 Å². The Balaban J connectivity index is 1.51.